The highest BCUT2D eigenvalue weighted by Gasteiger charge is 2.08. The summed E-state index contributed by atoms with van der Waals surface area (Å²) in [6.07, 6.45) is 4.28. The Morgan fingerprint density at radius 2 is 1.87 bits per heavy atom. The molecule has 0 saturated carbocycles. The molecule has 0 atom stereocenters. The molecular weight excluding hydrogens is 292 g/mol. The van der Waals surface area contributed by atoms with Gasteiger partial charge in [0, 0.05) is 11.1 Å². The number of nitriles is 1. The molecule has 2 aromatic carbocycles. The highest BCUT2D eigenvalue weighted by atomic mass is 19.1. The number of allylic oxidation sites excluding steroid dienone is 1. The minimum Gasteiger partial charge on any atom is -0.207 e. The Bertz CT molecular complexity index is 724. The molecule has 3 heteroatoms. The molecule has 0 unspecified atom stereocenters. The molecule has 1 nitrogen and oxygen atoms in total. The van der Waals surface area contributed by atoms with Crippen molar-refractivity contribution in [3.8, 4) is 6.07 Å². The summed E-state index contributed by atoms with van der Waals surface area (Å²) in [5.41, 5.74) is 2.36. The molecule has 0 spiro atoms. The molecule has 0 N–H and O–H groups in total. The first-order chi connectivity index (χ1) is 11.2. The minimum atomic E-state index is -0.353. The summed E-state index contributed by atoms with van der Waals surface area (Å²) in [4.78, 5) is 0. The standard InChI is InChI=1S/C20H19F2N/c1-2-3-6-19(21)16-11-8-15(9-12-16)10-13-18-17(14-23)5-4-7-20(18)22/h4-9,11-12H,2-3,10,13H2,1H3. The van der Waals surface area contributed by atoms with E-state index in [1.165, 1.54) is 12.1 Å². The number of aryl methyl sites for hydroxylation is 1. The molecule has 0 aromatic heterocycles. The lowest BCUT2D eigenvalue weighted by Crippen LogP contribution is -1.98. The molecular formula is C20H19F2N. The first-order valence-electron chi connectivity index (χ1n) is 7.78. The van der Waals surface area contributed by atoms with Crippen LogP contribution in [0.5, 0.6) is 0 Å². The number of hydrogen-bond donors (Lipinski definition) is 0. The van der Waals surface area contributed by atoms with Crippen molar-refractivity contribution in [1.29, 1.82) is 5.26 Å². The lowest BCUT2D eigenvalue weighted by molar-refractivity contribution is 0.608. The van der Waals surface area contributed by atoms with E-state index >= 15 is 0 Å². The van der Waals surface area contributed by atoms with Gasteiger partial charge in [0.05, 0.1) is 11.6 Å². The molecule has 2 rings (SSSR count). The maximum Gasteiger partial charge on any atom is 0.127 e. The number of rotatable bonds is 6. The van der Waals surface area contributed by atoms with Gasteiger partial charge < -0.3 is 0 Å². The quantitative estimate of drug-likeness (QED) is 0.682. The van der Waals surface area contributed by atoms with Crippen molar-refractivity contribution in [2.75, 3.05) is 0 Å². The minimum absolute atomic E-state index is 0.209. The van der Waals surface area contributed by atoms with Crippen molar-refractivity contribution in [3.05, 3.63) is 76.6 Å². The van der Waals surface area contributed by atoms with Crippen LogP contribution in [-0.4, -0.2) is 0 Å². The fraction of sp³-hybridized carbons (Fsp3) is 0.250. The summed E-state index contributed by atoms with van der Waals surface area (Å²) in [5.74, 6) is -0.562. The van der Waals surface area contributed by atoms with Gasteiger partial charge in [-0.2, -0.15) is 5.26 Å². The van der Waals surface area contributed by atoms with Crippen LogP contribution in [0, 0.1) is 17.1 Å². The molecule has 0 aliphatic rings. The largest absolute Gasteiger partial charge is 0.207 e. The van der Waals surface area contributed by atoms with Gasteiger partial charge in [0.2, 0.25) is 0 Å². The van der Waals surface area contributed by atoms with Crippen LogP contribution in [-0.2, 0) is 12.8 Å². The van der Waals surface area contributed by atoms with Crippen LogP contribution in [0.1, 0.15) is 42.0 Å². The van der Waals surface area contributed by atoms with E-state index in [4.69, 9.17) is 5.26 Å². The predicted octanol–water partition coefficient (Wildman–Crippen LogP) is 5.59. The third-order valence-corrected chi connectivity index (χ3v) is 3.74. The maximum absolute atomic E-state index is 13.8. The number of hydrogen-bond acceptors (Lipinski definition) is 1. The Balaban J connectivity index is 2.07. The van der Waals surface area contributed by atoms with Gasteiger partial charge >= 0.3 is 0 Å². The monoisotopic (exact) mass is 311 g/mol. The highest BCUT2D eigenvalue weighted by molar-refractivity contribution is 5.59. The summed E-state index contributed by atoms with van der Waals surface area (Å²) < 4.78 is 27.7. The Hall–Kier alpha value is -2.47. The molecule has 0 amide bonds. The molecule has 23 heavy (non-hydrogen) atoms. The molecule has 0 fully saturated rings. The van der Waals surface area contributed by atoms with E-state index in [0.717, 1.165) is 18.4 Å². The van der Waals surface area contributed by atoms with Crippen molar-refractivity contribution in [3.63, 3.8) is 0 Å². The highest BCUT2D eigenvalue weighted by Crippen LogP contribution is 2.20. The average molecular weight is 311 g/mol. The first kappa shape index (κ1) is 16.9. The van der Waals surface area contributed by atoms with Gasteiger partial charge in [0.15, 0.2) is 0 Å². The normalized spacial score (nSPS) is 11.3. The zero-order valence-corrected chi connectivity index (χ0v) is 13.2. The lowest BCUT2D eigenvalue weighted by Gasteiger charge is -2.06. The zero-order valence-electron chi connectivity index (χ0n) is 13.2. The summed E-state index contributed by atoms with van der Waals surface area (Å²) >= 11 is 0. The second kappa shape index (κ2) is 8.24. The zero-order chi connectivity index (χ0) is 16.7. The molecule has 2 aromatic rings. The van der Waals surface area contributed by atoms with E-state index in [0.29, 0.717) is 29.5 Å². The van der Waals surface area contributed by atoms with Crippen LogP contribution in [0.4, 0.5) is 8.78 Å². The van der Waals surface area contributed by atoms with Gasteiger partial charge in [0.25, 0.3) is 0 Å². The molecule has 118 valence electrons. The van der Waals surface area contributed by atoms with Gasteiger partial charge in [0.1, 0.15) is 11.6 Å². The van der Waals surface area contributed by atoms with E-state index in [9.17, 15) is 8.78 Å². The molecule has 0 saturated heterocycles. The average Bonchev–Trinajstić information content (AvgIpc) is 2.58. The van der Waals surface area contributed by atoms with Gasteiger partial charge in [-0.05, 0) is 43.0 Å². The van der Waals surface area contributed by atoms with Crippen LogP contribution in [0.3, 0.4) is 0 Å². The summed E-state index contributed by atoms with van der Waals surface area (Å²) in [6, 6.07) is 13.7. The SMILES string of the molecule is CCCC=C(F)c1ccc(CCc2c(F)cccc2C#N)cc1. The third-order valence-electron chi connectivity index (χ3n) is 3.74. The van der Waals surface area contributed by atoms with E-state index in [1.807, 2.05) is 25.1 Å². The van der Waals surface area contributed by atoms with Gasteiger partial charge in [-0.15, -0.1) is 0 Å². The Morgan fingerprint density at radius 1 is 1.13 bits per heavy atom. The molecule has 0 radical (unpaired) electrons. The van der Waals surface area contributed by atoms with Crippen molar-refractivity contribution >= 4 is 5.83 Å². The van der Waals surface area contributed by atoms with Crippen LogP contribution >= 0.6 is 0 Å². The van der Waals surface area contributed by atoms with E-state index in [1.54, 1.807) is 24.3 Å². The van der Waals surface area contributed by atoms with Crippen molar-refractivity contribution < 1.29 is 8.78 Å². The molecule has 0 bridgehead atoms. The summed E-state index contributed by atoms with van der Waals surface area (Å²) in [5, 5.41) is 9.04. The number of unbranched alkanes of at least 4 members (excludes halogenated alkanes) is 1. The second-order valence-corrected chi connectivity index (χ2v) is 5.42. The number of halogens is 2. The van der Waals surface area contributed by atoms with Gasteiger partial charge in [-0.25, -0.2) is 8.78 Å². The predicted molar refractivity (Wildman–Crippen MR) is 89.0 cm³/mol. The van der Waals surface area contributed by atoms with Gasteiger partial charge in [-0.1, -0.05) is 43.7 Å². The number of nitrogens with zero attached hydrogens (tertiary/aromatic N) is 1. The molecule has 0 heterocycles. The van der Waals surface area contributed by atoms with Crippen molar-refractivity contribution in [1.82, 2.24) is 0 Å². The summed E-state index contributed by atoms with van der Waals surface area (Å²) in [7, 11) is 0. The van der Waals surface area contributed by atoms with Crippen LogP contribution in [0.2, 0.25) is 0 Å². The molecule has 0 aliphatic heterocycles. The van der Waals surface area contributed by atoms with Crippen molar-refractivity contribution in [2.24, 2.45) is 0 Å². The first-order valence-corrected chi connectivity index (χ1v) is 7.78. The van der Waals surface area contributed by atoms with Crippen molar-refractivity contribution in [2.45, 2.75) is 32.6 Å². The maximum atomic E-state index is 13.8. The van der Waals surface area contributed by atoms with E-state index in [-0.39, 0.29) is 11.6 Å². The third kappa shape index (κ3) is 4.50. The lowest BCUT2D eigenvalue weighted by atomic mass is 9.99. The van der Waals surface area contributed by atoms with Gasteiger partial charge in [-0.3, -0.25) is 0 Å². The van der Waals surface area contributed by atoms with E-state index in [2.05, 4.69) is 0 Å². The van der Waals surface area contributed by atoms with Crippen LogP contribution in [0.25, 0.3) is 5.83 Å². The van der Waals surface area contributed by atoms with E-state index < -0.39 is 0 Å². The topological polar surface area (TPSA) is 23.8 Å². The van der Waals surface area contributed by atoms with Crippen LogP contribution < -0.4 is 0 Å². The smallest absolute Gasteiger partial charge is 0.127 e. The Morgan fingerprint density at radius 3 is 2.52 bits per heavy atom. The van der Waals surface area contributed by atoms with Crippen LogP contribution in [0.15, 0.2) is 48.5 Å². The fourth-order valence-electron chi connectivity index (χ4n) is 2.41. The Labute approximate surface area is 135 Å². The summed E-state index contributed by atoms with van der Waals surface area (Å²) in [6.45, 7) is 2.01. The molecule has 0 aliphatic carbocycles. The Kier molecular flexibility index (Phi) is 6.05. The fourth-order valence-corrected chi connectivity index (χ4v) is 2.41. The number of benzene rings is 2. The second-order valence-electron chi connectivity index (χ2n) is 5.42.